The minimum absolute atomic E-state index is 0.281. The SMILES string of the molecule is CC(NC(=O)c1nn(-c2ccc(Cl)cc2)c2c1CNC/C2=C\c1ccc(F)cc1)c1ccccn1. The van der Waals surface area contributed by atoms with Gasteiger partial charge in [0.05, 0.1) is 23.1 Å². The van der Waals surface area contributed by atoms with Crippen LogP contribution in [-0.2, 0) is 6.54 Å². The van der Waals surface area contributed by atoms with E-state index in [9.17, 15) is 9.18 Å². The number of hydrogen-bond acceptors (Lipinski definition) is 4. The Labute approximate surface area is 207 Å². The molecule has 2 N–H and O–H groups in total. The van der Waals surface area contributed by atoms with Crippen LogP contribution >= 0.6 is 11.6 Å². The van der Waals surface area contributed by atoms with Crippen molar-refractivity contribution in [2.24, 2.45) is 0 Å². The quantitative estimate of drug-likeness (QED) is 0.406. The van der Waals surface area contributed by atoms with E-state index >= 15 is 0 Å². The van der Waals surface area contributed by atoms with Crippen LogP contribution < -0.4 is 10.6 Å². The Morgan fingerprint density at radius 1 is 1.11 bits per heavy atom. The van der Waals surface area contributed by atoms with Crippen molar-refractivity contribution in [1.82, 2.24) is 25.4 Å². The lowest BCUT2D eigenvalue weighted by Gasteiger charge is -2.20. The van der Waals surface area contributed by atoms with Gasteiger partial charge in [-0.3, -0.25) is 9.78 Å². The molecule has 0 radical (unpaired) electrons. The maximum absolute atomic E-state index is 13.4. The molecule has 5 rings (SSSR count). The Hall–Kier alpha value is -3.81. The molecule has 4 aromatic rings. The van der Waals surface area contributed by atoms with Crippen LogP contribution in [0.25, 0.3) is 17.3 Å². The monoisotopic (exact) mass is 487 g/mol. The fraction of sp³-hybridized carbons (Fsp3) is 0.148. The van der Waals surface area contributed by atoms with Crippen LogP contribution in [0.3, 0.4) is 0 Å². The van der Waals surface area contributed by atoms with E-state index in [-0.39, 0.29) is 17.8 Å². The van der Waals surface area contributed by atoms with E-state index in [4.69, 9.17) is 16.7 Å². The predicted octanol–water partition coefficient (Wildman–Crippen LogP) is 5.19. The van der Waals surface area contributed by atoms with E-state index in [0.717, 1.165) is 33.8 Å². The number of carbonyl (C=O) groups excluding carboxylic acids is 1. The molecule has 8 heteroatoms. The minimum Gasteiger partial charge on any atom is -0.343 e. The average molecular weight is 488 g/mol. The lowest BCUT2D eigenvalue weighted by Crippen LogP contribution is -2.30. The molecule has 0 saturated heterocycles. The Bertz CT molecular complexity index is 1380. The predicted molar refractivity (Wildman–Crippen MR) is 135 cm³/mol. The normalized spacial score (nSPS) is 15.0. The van der Waals surface area contributed by atoms with Gasteiger partial charge in [0.1, 0.15) is 5.82 Å². The Morgan fingerprint density at radius 2 is 1.89 bits per heavy atom. The largest absolute Gasteiger partial charge is 0.343 e. The fourth-order valence-corrected chi connectivity index (χ4v) is 4.28. The number of aromatic nitrogens is 3. The zero-order chi connectivity index (χ0) is 24.4. The second kappa shape index (κ2) is 9.82. The van der Waals surface area contributed by atoms with E-state index in [1.54, 1.807) is 35.1 Å². The summed E-state index contributed by atoms with van der Waals surface area (Å²) in [4.78, 5) is 17.7. The Morgan fingerprint density at radius 3 is 2.60 bits per heavy atom. The summed E-state index contributed by atoms with van der Waals surface area (Å²) >= 11 is 6.11. The van der Waals surface area contributed by atoms with Crippen LogP contribution in [0.2, 0.25) is 5.02 Å². The van der Waals surface area contributed by atoms with Crippen LogP contribution in [0.4, 0.5) is 4.39 Å². The molecule has 1 atom stereocenters. The van der Waals surface area contributed by atoms with Gasteiger partial charge >= 0.3 is 0 Å². The van der Waals surface area contributed by atoms with Crippen LogP contribution in [0.15, 0.2) is 72.9 Å². The zero-order valence-electron chi connectivity index (χ0n) is 19.0. The summed E-state index contributed by atoms with van der Waals surface area (Å²) in [5, 5.41) is 11.7. The van der Waals surface area contributed by atoms with Crippen molar-refractivity contribution >= 4 is 29.2 Å². The topological polar surface area (TPSA) is 71.8 Å². The molecule has 3 heterocycles. The number of fused-ring (bicyclic) bond motifs is 1. The highest BCUT2D eigenvalue weighted by molar-refractivity contribution is 6.30. The highest BCUT2D eigenvalue weighted by Gasteiger charge is 2.29. The van der Waals surface area contributed by atoms with Gasteiger partial charge in [-0.25, -0.2) is 9.07 Å². The van der Waals surface area contributed by atoms with Crippen LogP contribution in [0, 0.1) is 5.82 Å². The number of carbonyl (C=O) groups is 1. The molecule has 0 saturated carbocycles. The third kappa shape index (κ3) is 4.87. The maximum atomic E-state index is 13.4. The number of amides is 1. The zero-order valence-corrected chi connectivity index (χ0v) is 19.8. The number of benzene rings is 2. The molecule has 2 aromatic carbocycles. The van der Waals surface area contributed by atoms with Gasteiger partial charge in [-0.15, -0.1) is 0 Å². The summed E-state index contributed by atoms with van der Waals surface area (Å²) in [7, 11) is 0. The van der Waals surface area contributed by atoms with Gasteiger partial charge < -0.3 is 10.6 Å². The molecule has 1 amide bonds. The first-order valence-corrected chi connectivity index (χ1v) is 11.6. The summed E-state index contributed by atoms with van der Waals surface area (Å²) < 4.78 is 15.2. The molecule has 0 spiro atoms. The molecule has 2 aromatic heterocycles. The van der Waals surface area contributed by atoms with E-state index in [1.807, 2.05) is 43.3 Å². The number of halogens is 2. The number of hydrogen-bond donors (Lipinski definition) is 2. The fourth-order valence-electron chi connectivity index (χ4n) is 4.16. The van der Waals surface area contributed by atoms with Gasteiger partial charge in [0.2, 0.25) is 0 Å². The van der Waals surface area contributed by atoms with Crippen molar-refractivity contribution < 1.29 is 9.18 Å². The molecular weight excluding hydrogens is 465 g/mol. The van der Waals surface area contributed by atoms with E-state index < -0.39 is 0 Å². The third-order valence-corrected chi connectivity index (χ3v) is 6.13. The second-order valence-electron chi connectivity index (χ2n) is 8.34. The van der Waals surface area contributed by atoms with Gasteiger partial charge in [-0.05, 0) is 72.7 Å². The van der Waals surface area contributed by atoms with Gasteiger partial charge in [0.25, 0.3) is 5.91 Å². The Kier molecular flexibility index (Phi) is 6.44. The van der Waals surface area contributed by atoms with Crippen molar-refractivity contribution in [1.29, 1.82) is 0 Å². The van der Waals surface area contributed by atoms with E-state index in [2.05, 4.69) is 15.6 Å². The lowest BCUT2D eigenvalue weighted by atomic mass is 9.98. The summed E-state index contributed by atoms with van der Waals surface area (Å²) in [5.74, 6) is -0.571. The van der Waals surface area contributed by atoms with Gasteiger partial charge in [0.15, 0.2) is 5.69 Å². The van der Waals surface area contributed by atoms with Gasteiger partial charge in [-0.2, -0.15) is 5.10 Å². The van der Waals surface area contributed by atoms with Crippen LogP contribution in [0.1, 0.15) is 46.0 Å². The van der Waals surface area contributed by atoms with Crippen LogP contribution in [0.5, 0.6) is 0 Å². The van der Waals surface area contributed by atoms with Crippen LogP contribution in [-0.4, -0.2) is 27.2 Å². The first-order valence-electron chi connectivity index (χ1n) is 11.3. The molecule has 6 nitrogen and oxygen atoms in total. The first kappa shape index (κ1) is 23.0. The van der Waals surface area contributed by atoms with Crippen molar-refractivity contribution in [3.8, 4) is 5.69 Å². The van der Waals surface area contributed by atoms with Crippen molar-refractivity contribution in [3.63, 3.8) is 0 Å². The summed E-state index contributed by atoms with van der Waals surface area (Å²) in [6.45, 7) is 2.96. The molecule has 0 fully saturated rings. The standard InChI is InChI=1S/C27H23ClFN5O/c1-17(24-4-2-3-13-31-24)32-27(35)25-23-16-30-15-19(14-18-5-9-21(29)10-6-18)26(23)34(33-25)22-11-7-20(28)8-12-22/h2-14,17,30H,15-16H2,1H3,(H,32,35)/b19-14+. The molecule has 0 aliphatic carbocycles. The van der Waals surface area contributed by atoms with Gasteiger partial charge in [0, 0.05) is 29.9 Å². The molecule has 1 aliphatic heterocycles. The van der Waals surface area contributed by atoms with E-state index in [1.165, 1.54) is 12.1 Å². The number of nitrogens with one attached hydrogen (secondary N) is 2. The summed E-state index contributed by atoms with van der Waals surface area (Å²) in [6, 6.07) is 18.9. The molecule has 176 valence electrons. The second-order valence-corrected chi connectivity index (χ2v) is 8.77. The number of rotatable bonds is 5. The van der Waals surface area contributed by atoms with Crippen molar-refractivity contribution in [2.75, 3.05) is 6.54 Å². The van der Waals surface area contributed by atoms with Crippen molar-refractivity contribution in [3.05, 3.63) is 112 Å². The smallest absolute Gasteiger partial charge is 0.272 e. The first-order chi connectivity index (χ1) is 17.0. The highest BCUT2D eigenvalue weighted by atomic mass is 35.5. The molecule has 35 heavy (non-hydrogen) atoms. The summed E-state index contributed by atoms with van der Waals surface area (Å²) in [6.07, 6.45) is 3.68. The molecule has 0 bridgehead atoms. The number of nitrogens with zero attached hydrogens (tertiary/aromatic N) is 3. The van der Waals surface area contributed by atoms with Crippen molar-refractivity contribution in [2.45, 2.75) is 19.5 Å². The molecule has 1 unspecified atom stereocenters. The summed E-state index contributed by atoms with van der Waals surface area (Å²) in [5.41, 5.74) is 5.33. The average Bonchev–Trinajstić information content (AvgIpc) is 3.27. The molecular formula is C27H23ClFN5O. The van der Waals surface area contributed by atoms with E-state index in [0.29, 0.717) is 23.8 Å². The number of pyridine rings is 1. The maximum Gasteiger partial charge on any atom is 0.272 e. The third-order valence-electron chi connectivity index (χ3n) is 5.88. The lowest BCUT2D eigenvalue weighted by molar-refractivity contribution is 0.0932. The highest BCUT2D eigenvalue weighted by Crippen LogP contribution is 2.31. The molecule has 1 aliphatic rings. The minimum atomic E-state index is -0.290. The Balaban J connectivity index is 1.58. The van der Waals surface area contributed by atoms with Gasteiger partial charge in [-0.1, -0.05) is 29.8 Å².